The minimum absolute atomic E-state index is 0.261. The Balaban J connectivity index is 1.69. The van der Waals surface area contributed by atoms with E-state index in [9.17, 15) is 4.79 Å². The van der Waals surface area contributed by atoms with E-state index in [1.54, 1.807) is 30.0 Å². The summed E-state index contributed by atoms with van der Waals surface area (Å²) in [7, 11) is 2.89. The molecule has 126 valence electrons. The quantitative estimate of drug-likeness (QED) is 0.565. The van der Waals surface area contributed by atoms with Crippen molar-refractivity contribution in [1.82, 2.24) is 20.2 Å². The van der Waals surface area contributed by atoms with Gasteiger partial charge in [-0.15, -0.1) is 5.10 Å². The second kappa shape index (κ2) is 7.12. The first-order valence-corrected chi connectivity index (χ1v) is 7.55. The van der Waals surface area contributed by atoms with Crippen LogP contribution in [0.3, 0.4) is 0 Å². The van der Waals surface area contributed by atoms with Gasteiger partial charge in [-0.1, -0.05) is 6.07 Å². The average Bonchev–Trinajstić information content (AvgIpc) is 3.36. The molecule has 0 atom stereocenters. The van der Waals surface area contributed by atoms with Crippen LogP contribution in [0, 0.1) is 0 Å². The summed E-state index contributed by atoms with van der Waals surface area (Å²) in [6.45, 7) is 0.261. The van der Waals surface area contributed by atoms with Crippen molar-refractivity contribution in [2.75, 3.05) is 14.2 Å². The fourth-order valence-electron chi connectivity index (χ4n) is 2.19. The third-order valence-electron chi connectivity index (χ3n) is 3.61. The minimum atomic E-state index is -0.416. The zero-order valence-electron chi connectivity index (χ0n) is 13.5. The van der Waals surface area contributed by atoms with E-state index >= 15 is 0 Å². The van der Waals surface area contributed by atoms with Crippen molar-refractivity contribution < 1.29 is 19.0 Å². The number of esters is 1. The molecule has 0 N–H and O–H groups in total. The predicted octanol–water partition coefficient (Wildman–Crippen LogP) is 1.78. The maximum Gasteiger partial charge on any atom is 0.330 e. The molecule has 24 heavy (non-hydrogen) atoms. The monoisotopic (exact) mass is 330 g/mol. The van der Waals surface area contributed by atoms with Gasteiger partial charge in [0.25, 0.3) is 0 Å². The molecule has 0 amide bonds. The average molecular weight is 330 g/mol. The number of carbonyl (C=O) groups is 1. The van der Waals surface area contributed by atoms with Crippen LogP contribution in [-0.2, 0) is 16.1 Å². The fourth-order valence-corrected chi connectivity index (χ4v) is 2.19. The Labute approximate surface area is 139 Å². The minimum Gasteiger partial charge on any atom is -0.493 e. The molecule has 0 unspecified atom stereocenters. The standard InChI is InChI=1S/C16H18N4O4/c1-22-14-9-11(4-8-16(21)23-2)3-7-13(14)24-10-15-17-18-19-20(15)12-5-6-12/h3-4,7-9,12H,5-6,10H2,1-2H3/b8-4+. The summed E-state index contributed by atoms with van der Waals surface area (Å²) in [6.07, 6.45) is 5.19. The van der Waals surface area contributed by atoms with Crippen molar-refractivity contribution in [3.8, 4) is 11.5 Å². The van der Waals surface area contributed by atoms with Gasteiger partial charge in [0.05, 0.1) is 20.3 Å². The highest BCUT2D eigenvalue weighted by Crippen LogP contribution is 2.35. The van der Waals surface area contributed by atoms with Crippen LogP contribution in [0.25, 0.3) is 6.08 Å². The third kappa shape index (κ3) is 3.70. The van der Waals surface area contributed by atoms with E-state index in [0.717, 1.165) is 18.4 Å². The van der Waals surface area contributed by atoms with Crippen LogP contribution in [0.5, 0.6) is 11.5 Å². The summed E-state index contributed by atoms with van der Waals surface area (Å²) in [5, 5.41) is 11.7. The highest BCUT2D eigenvalue weighted by molar-refractivity contribution is 5.87. The topological polar surface area (TPSA) is 88.4 Å². The molecule has 0 bridgehead atoms. The molecule has 0 radical (unpaired) electrons. The Hall–Kier alpha value is -2.90. The van der Waals surface area contributed by atoms with Gasteiger partial charge >= 0.3 is 5.97 Å². The normalized spacial score (nSPS) is 13.9. The Morgan fingerprint density at radius 2 is 2.17 bits per heavy atom. The number of carbonyl (C=O) groups excluding carboxylic acids is 1. The highest BCUT2D eigenvalue weighted by atomic mass is 16.5. The van der Waals surface area contributed by atoms with Crippen molar-refractivity contribution in [3.63, 3.8) is 0 Å². The summed E-state index contributed by atoms with van der Waals surface area (Å²) in [4.78, 5) is 11.1. The molecule has 1 aromatic heterocycles. The van der Waals surface area contributed by atoms with Crippen LogP contribution in [0.2, 0.25) is 0 Å². The second-order valence-corrected chi connectivity index (χ2v) is 5.33. The van der Waals surface area contributed by atoms with E-state index in [-0.39, 0.29) is 6.61 Å². The van der Waals surface area contributed by atoms with Gasteiger partial charge in [-0.2, -0.15) is 0 Å². The highest BCUT2D eigenvalue weighted by Gasteiger charge is 2.27. The molecule has 0 spiro atoms. The van der Waals surface area contributed by atoms with Crippen LogP contribution in [0.15, 0.2) is 24.3 Å². The lowest BCUT2D eigenvalue weighted by atomic mass is 10.2. The van der Waals surface area contributed by atoms with Crippen molar-refractivity contribution in [1.29, 1.82) is 0 Å². The lowest BCUT2D eigenvalue weighted by Crippen LogP contribution is -2.07. The zero-order chi connectivity index (χ0) is 16.9. The van der Waals surface area contributed by atoms with E-state index in [2.05, 4.69) is 20.3 Å². The zero-order valence-corrected chi connectivity index (χ0v) is 13.5. The van der Waals surface area contributed by atoms with Crippen LogP contribution >= 0.6 is 0 Å². The van der Waals surface area contributed by atoms with Crippen molar-refractivity contribution in [3.05, 3.63) is 35.7 Å². The number of nitrogens with zero attached hydrogens (tertiary/aromatic N) is 4. The van der Waals surface area contributed by atoms with E-state index < -0.39 is 5.97 Å². The van der Waals surface area contributed by atoms with Crippen LogP contribution in [0.1, 0.15) is 30.3 Å². The van der Waals surface area contributed by atoms with Crippen LogP contribution in [0.4, 0.5) is 0 Å². The molecule has 1 aliphatic rings. The van der Waals surface area contributed by atoms with Gasteiger partial charge in [0.1, 0.15) is 6.61 Å². The molecule has 1 saturated carbocycles. The summed E-state index contributed by atoms with van der Waals surface area (Å²) in [5.41, 5.74) is 0.799. The molecule has 0 saturated heterocycles. The molecular formula is C16H18N4O4. The van der Waals surface area contributed by atoms with Crippen molar-refractivity contribution in [2.24, 2.45) is 0 Å². The van der Waals surface area contributed by atoms with Gasteiger partial charge in [-0.05, 0) is 47.0 Å². The lowest BCUT2D eigenvalue weighted by molar-refractivity contribution is -0.134. The van der Waals surface area contributed by atoms with Gasteiger partial charge in [-0.25, -0.2) is 9.48 Å². The van der Waals surface area contributed by atoms with E-state index in [1.165, 1.54) is 13.2 Å². The first kappa shape index (κ1) is 16.0. The maximum atomic E-state index is 11.1. The molecule has 0 aliphatic heterocycles. The van der Waals surface area contributed by atoms with Crippen molar-refractivity contribution in [2.45, 2.75) is 25.5 Å². The molecule has 1 aromatic carbocycles. The van der Waals surface area contributed by atoms with Gasteiger partial charge in [0.15, 0.2) is 17.3 Å². The van der Waals surface area contributed by atoms with E-state index in [4.69, 9.17) is 9.47 Å². The molecule has 2 aromatic rings. The van der Waals surface area contributed by atoms with Crippen molar-refractivity contribution >= 4 is 12.0 Å². The second-order valence-electron chi connectivity index (χ2n) is 5.33. The van der Waals surface area contributed by atoms with E-state index in [1.807, 2.05) is 6.07 Å². The molecule has 1 aliphatic carbocycles. The molecule has 1 fully saturated rings. The molecule has 8 heteroatoms. The Bertz CT molecular complexity index is 752. The predicted molar refractivity (Wildman–Crippen MR) is 84.5 cm³/mol. The molecule has 8 nitrogen and oxygen atoms in total. The van der Waals surface area contributed by atoms with Crippen LogP contribution < -0.4 is 9.47 Å². The summed E-state index contributed by atoms with van der Waals surface area (Å²) >= 11 is 0. The number of hydrogen-bond acceptors (Lipinski definition) is 7. The molecule has 1 heterocycles. The summed E-state index contributed by atoms with van der Waals surface area (Å²) < 4.78 is 17.5. The Kier molecular flexibility index (Phi) is 4.74. The number of methoxy groups -OCH3 is 2. The number of tetrazole rings is 1. The number of benzene rings is 1. The number of ether oxygens (including phenoxy) is 3. The Morgan fingerprint density at radius 1 is 1.33 bits per heavy atom. The molecule has 3 rings (SSSR count). The first-order chi connectivity index (χ1) is 11.7. The smallest absolute Gasteiger partial charge is 0.330 e. The van der Waals surface area contributed by atoms with Gasteiger partial charge in [0, 0.05) is 6.08 Å². The van der Waals surface area contributed by atoms with Gasteiger partial charge in [0.2, 0.25) is 0 Å². The van der Waals surface area contributed by atoms with Crippen LogP contribution in [-0.4, -0.2) is 40.4 Å². The summed E-state index contributed by atoms with van der Waals surface area (Å²) in [5.74, 6) is 1.42. The maximum absolute atomic E-state index is 11.1. The largest absolute Gasteiger partial charge is 0.493 e. The third-order valence-corrected chi connectivity index (χ3v) is 3.61. The fraction of sp³-hybridized carbons (Fsp3) is 0.375. The number of rotatable bonds is 7. The number of hydrogen-bond donors (Lipinski definition) is 0. The SMILES string of the molecule is COC(=O)/C=C/c1ccc(OCc2nnnn2C2CC2)c(OC)c1. The van der Waals surface area contributed by atoms with Gasteiger partial charge < -0.3 is 14.2 Å². The number of aromatic nitrogens is 4. The Morgan fingerprint density at radius 3 is 2.88 bits per heavy atom. The lowest BCUT2D eigenvalue weighted by Gasteiger charge is -2.11. The molecular weight excluding hydrogens is 312 g/mol. The van der Waals surface area contributed by atoms with E-state index in [0.29, 0.717) is 23.4 Å². The summed E-state index contributed by atoms with van der Waals surface area (Å²) in [6, 6.07) is 5.77. The first-order valence-electron chi connectivity index (χ1n) is 7.55. The van der Waals surface area contributed by atoms with Gasteiger partial charge in [-0.3, -0.25) is 0 Å².